The average molecular weight is 713 g/mol. The molecule has 11 nitrogen and oxygen atoms in total. The minimum atomic E-state index is -1.27. The lowest BCUT2D eigenvalue weighted by Crippen LogP contribution is -2.67. The Hall–Kier alpha value is -3.56. The number of aliphatic hydroxyl groups is 1. The lowest BCUT2D eigenvalue weighted by atomic mass is 9.95. The molecule has 8 rings (SSSR count). The molecule has 0 aliphatic carbocycles. The molecule has 0 saturated carbocycles. The van der Waals surface area contributed by atoms with E-state index in [9.17, 15) is 5.11 Å². The number of ether oxygens (including phenoxy) is 10. The topological polar surface area (TPSA) is 113 Å². The van der Waals surface area contributed by atoms with E-state index in [4.69, 9.17) is 47.4 Å². The highest BCUT2D eigenvalue weighted by molar-refractivity contribution is 5.19. The molecule has 1 N–H and O–H groups in total. The molecule has 52 heavy (non-hydrogen) atoms. The van der Waals surface area contributed by atoms with Crippen LogP contribution in [0.25, 0.3) is 0 Å². The Morgan fingerprint density at radius 2 is 0.981 bits per heavy atom. The molecule has 4 aliphatic heterocycles. The van der Waals surface area contributed by atoms with Crippen LogP contribution in [0.2, 0.25) is 0 Å². The number of methoxy groups -OCH3 is 1. The molecule has 4 saturated heterocycles. The third kappa shape index (κ3) is 7.86. The maximum absolute atomic E-state index is 12.0. The van der Waals surface area contributed by atoms with Gasteiger partial charge in [0.05, 0.1) is 26.4 Å². The quantitative estimate of drug-likeness (QED) is 0.221. The van der Waals surface area contributed by atoms with Crippen molar-refractivity contribution in [3.05, 3.63) is 144 Å². The van der Waals surface area contributed by atoms with E-state index in [1.807, 2.05) is 121 Å². The van der Waals surface area contributed by atoms with Crippen molar-refractivity contribution in [3.63, 3.8) is 0 Å². The highest BCUT2D eigenvalue weighted by Crippen LogP contribution is 2.40. The van der Waals surface area contributed by atoms with Gasteiger partial charge < -0.3 is 52.5 Å². The van der Waals surface area contributed by atoms with Crippen LogP contribution in [0.3, 0.4) is 0 Å². The maximum Gasteiger partial charge on any atom is 0.187 e. The second-order valence-corrected chi connectivity index (χ2v) is 13.3. The molecule has 11 heteroatoms. The van der Waals surface area contributed by atoms with Crippen molar-refractivity contribution < 1.29 is 52.5 Å². The number of rotatable bonds is 11. The third-order valence-corrected chi connectivity index (χ3v) is 9.83. The lowest BCUT2D eigenvalue weighted by molar-refractivity contribution is -0.408. The fourth-order valence-electron chi connectivity index (χ4n) is 7.18. The van der Waals surface area contributed by atoms with Gasteiger partial charge in [-0.25, -0.2) is 0 Å². The van der Waals surface area contributed by atoms with Crippen LogP contribution in [-0.2, 0) is 60.6 Å². The van der Waals surface area contributed by atoms with Gasteiger partial charge in [0.1, 0.15) is 48.8 Å². The largest absolute Gasteiger partial charge is 0.385 e. The Bertz CT molecular complexity index is 1670. The molecule has 0 spiro atoms. The maximum atomic E-state index is 12.0. The summed E-state index contributed by atoms with van der Waals surface area (Å²) in [5.74, 6) is 0. The van der Waals surface area contributed by atoms with E-state index in [2.05, 4.69) is 0 Å². The molecule has 274 valence electrons. The van der Waals surface area contributed by atoms with Gasteiger partial charge in [0.2, 0.25) is 0 Å². The zero-order valence-electron chi connectivity index (χ0n) is 28.8. The van der Waals surface area contributed by atoms with Gasteiger partial charge in [-0.3, -0.25) is 0 Å². The molecule has 0 aromatic heterocycles. The van der Waals surface area contributed by atoms with Crippen LogP contribution in [0.4, 0.5) is 0 Å². The summed E-state index contributed by atoms with van der Waals surface area (Å²) in [6.45, 7) is 0.957. The first-order valence-electron chi connectivity index (χ1n) is 17.8. The van der Waals surface area contributed by atoms with Crippen molar-refractivity contribution in [2.24, 2.45) is 0 Å². The fraction of sp³-hybridized carbons (Fsp3) is 0.415. The Labute approximate surface area is 303 Å². The summed E-state index contributed by atoms with van der Waals surface area (Å²) in [7, 11) is 1.54. The van der Waals surface area contributed by atoms with Gasteiger partial charge in [-0.1, -0.05) is 121 Å². The minimum Gasteiger partial charge on any atom is -0.385 e. The summed E-state index contributed by atoms with van der Waals surface area (Å²) < 4.78 is 63.9. The van der Waals surface area contributed by atoms with E-state index in [1.165, 1.54) is 0 Å². The van der Waals surface area contributed by atoms with Crippen molar-refractivity contribution in [1.82, 2.24) is 0 Å². The van der Waals surface area contributed by atoms with E-state index in [0.29, 0.717) is 0 Å². The highest BCUT2D eigenvalue weighted by atomic mass is 16.8. The second-order valence-electron chi connectivity index (χ2n) is 13.3. The first kappa shape index (κ1) is 35.5. The van der Waals surface area contributed by atoms with Crippen LogP contribution in [0, 0.1) is 0 Å². The zero-order chi connectivity index (χ0) is 35.3. The third-order valence-electron chi connectivity index (χ3n) is 9.83. The number of hydrogen-bond acceptors (Lipinski definition) is 11. The van der Waals surface area contributed by atoms with Gasteiger partial charge in [0.25, 0.3) is 0 Å². The minimum absolute atomic E-state index is 0.189. The van der Waals surface area contributed by atoms with Crippen LogP contribution in [0.15, 0.2) is 121 Å². The molecule has 12 atom stereocenters. The summed E-state index contributed by atoms with van der Waals surface area (Å²) in [6, 6.07) is 39.0. The van der Waals surface area contributed by atoms with Gasteiger partial charge in [-0.15, -0.1) is 0 Å². The van der Waals surface area contributed by atoms with Gasteiger partial charge >= 0.3 is 0 Å². The van der Waals surface area contributed by atoms with E-state index >= 15 is 0 Å². The Morgan fingerprint density at radius 1 is 0.538 bits per heavy atom. The summed E-state index contributed by atoms with van der Waals surface area (Å²) in [6.07, 6.45) is -9.46. The summed E-state index contributed by atoms with van der Waals surface area (Å²) in [5, 5.41) is 12.0. The van der Waals surface area contributed by atoms with Gasteiger partial charge in [0, 0.05) is 18.2 Å². The van der Waals surface area contributed by atoms with E-state index in [1.54, 1.807) is 7.11 Å². The Kier molecular flexibility index (Phi) is 11.3. The number of fused-ring (bicyclic) bond motifs is 2. The first-order valence-corrected chi connectivity index (χ1v) is 17.8. The summed E-state index contributed by atoms with van der Waals surface area (Å²) in [4.78, 5) is 0. The summed E-state index contributed by atoms with van der Waals surface area (Å²) in [5.41, 5.74) is 3.65. The van der Waals surface area contributed by atoms with E-state index in [-0.39, 0.29) is 26.4 Å². The van der Waals surface area contributed by atoms with Gasteiger partial charge in [-0.2, -0.15) is 0 Å². The highest BCUT2D eigenvalue weighted by Gasteiger charge is 2.56. The van der Waals surface area contributed by atoms with Crippen molar-refractivity contribution in [2.45, 2.75) is 87.2 Å². The molecule has 4 heterocycles. The van der Waals surface area contributed by atoms with Crippen LogP contribution < -0.4 is 0 Å². The SMILES string of the molecule is CO[C@@H]1O[C@@H]2CO[C@@H](c3ccccc3)O[C@H]2[C@H](OCc2ccccc2)[C@@H]1O[C@@H]1O[C@@H]2CO[C@@H](c3ccccc3)O[C@H]2[C@H](OCc2ccccc2)[C@@H]1O. The lowest BCUT2D eigenvalue weighted by Gasteiger charge is -2.51. The van der Waals surface area contributed by atoms with Crippen LogP contribution in [-0.4, -0.2) is 86.8 Å². The predicted octanol–water partition coefficient (Wildman–Crippen LogP) is 5.23. The first-order chi connectivity index (χ1) is 25.6. The van der Waals surface area contributed by atoms with Crippen LogP contribution in [0.5, 0.6) is 0 Å². The van der Waals surface area contributed by atoms with Gasteiger partial charge in [0.15, 0.2) is 25.2 Å². The molecule has 0 bridgehead atoms. The number of hydrogen-bond donors (Lipinski definition) is 1. The van der Waals surface area contributed by atoms with Crippen molar-refractivity contribution in [3.8, 4) is 0 Å². The van der Waals surface area contributed by atoms with Crippen molar-refractivity contribution in [1.29, 1.82) is 0 Å². The zero-order valence-corrected chi connectivity index (χ0v) is 28.8. The molecule has 4 fully saturated rings. The van der Waals surface area contributed by atoms with E-state index < -0.39 is 74.0 Å². The fourth-order valence-corrected chi connectivity index (χ4v) is 7.18. The molecule has 0 unspecified atom stereocenters. The van der Waals surface area contributed by atoms with Gasteiger partial charge in [-0.05, 0) is 11.1 Å². The van der Waals surface area contributed by atoms with E-state index in [0.717, 1.165) is 22.3 Å². The van der Waals surface area contributed by atoms with Crippen LogP contribution in [0.1, 0.15) is 34.8 Å². The Morgan fingerprint density at radius 3 is 1.48 bits per heavy atom. The molecule has 4 aliphatic rings. The number of benzene rings is 4. The predicted molar refractivity (Wildman–Crippen MR) is 185 cm³/mol. The number of aliphatic hydroxyl groups excluding tert-OH is 1. The molecule has 0 radical (unpaired) electrons. The average Bonchev–Trinajstić information content (AvgIpc) is 3.21. The molecular formula is C41H44O11. The standard InChI is InChI=1S/C41H44O11/c1-43-41-37(36(45-23-27-16-8-3-9-17-27)34-31(49-41)25-47-39(51-34)29-20-12-5-13-21-29)52-40-32(42)35(44-22-26-14-6-2-7-15-26)33-30(48-40)24-46-38(50-33)28-18-10-4-11-19-28/h2-21,30-42H,22-25H2,1H3/t30-,31-,32+,33-,34-,35-,36+,37+,38-,39-,40+,41-/m1/s1. The molecular weight excluding hydrogens is 668 g/mol. The Balaban J connectivity index is 1.06. The van der Waals surface area contributed by atoms with Crippen molar-refractivity contribution in [2.75, 3.05) is 20.3 Å². The monoisotopic (exact) mass is 712 g/mol. The summed E-state index contributed by atoms with van der Waals surface area (Å²) >= 11 is 0. The smallest absolute Gasteiger partial charge is 0.187 e. The normalized spacial score (nSPS) is 34.6. The second kappa shape index (κ2) is 16.6. The van der Waals surface area contributed by atoms with Crippen molar-refractivity contribution >= 4 is 0 Å². The molecule has 4 aromatic carbocycles. The molecule has 4 aromatic rings. The molecule has 0 amide bonds. The van der Waals surface area contributed by atoms with Crippen LogP contribution >= 0.6 is 0 Å².